The SMILES string of the molecule is CN(C)C(=O)NCCNc1ncc[nH]c1=O. The van der Waals surface area contributed by atoms with Gasteiger partial charge in [-0.05, 0) is 0 Å². The predicted octanol–water partition coefficient (Wildman–Crippen LogP) is -0.547. The van der Waals surface area contributed by atoms with Crippen LogP contribution in [0.15, 0.2) is 17.2 Å². The Kier molecular flexibility index (Phi) is 4.31. The van der Waals surface area contributed by atoms with Crippen molar-refractivity contribution < 1.29 is 4.79 Å². The summed E-state index contributed by atoms with van der Waals surface area (Å²) in [6, 6.07) is -0.170. The average Bonchev–Trinajstić information content (AvgIpc) is 2.26. The van der Waals surface area contributed by atoms with Gasteiger partial charge >= 0.3 is 6.03 Å². The Balaban J connectivity index is 2.29. The smallest absolute Gasteiger partial charge is 0.316 e. The van der Waals surface area contributed by atoms with E-state index in [4.69, 9.17) is 0 Å². The van der Waals surface area contributed by atoms with E-state index < -0.39 is 0 Å². The van der Waals surface area contributed by atoms with E-state index in [-0.39, 0.29) is 17.4 Å². The topological polar surface area (TPSA) is 90.1 Å². The molecule has 2 amide bonds. The molecule has 0 atom stereocenters. The van der Waals surface area contributed by atoms with E-state index in [9.17, 15) is 9.59 Å². The van der Waals surface area contributed by atoms with Gasteiger partial charge in [0.05, 0.1) is 0 Å². The predicted molar refractivity (Wildman–Crippen MR) is 60.4 cm³/mol. The molecule has 0 aliphatic carbocycles. The summed E-state index contributed by atoms with van der Waals surface area (Å²) in [6.07, 6.45) is 2.95. The van der Waals surface area contributed by atoms with Crippen molar-refractivity contribution in [3.63, 3.8) is 0 Å². The lowest BCUT2D eigenvalue weighted by atomic mass is 10.5. The molecule has 0 bridgehead atoms. The van der Waals surface area contributed by atoms with Crippen molar-refractivity contribution in [2.45, 2.75) is 0 Å². The van der Waals surface area contributed by atoms with E-state index in [1.165, 1.54) is 17.3 Å². The Hall–Kier alpha value is -2.05. The van der Waals surface area contributed by atoms with E-state index in [1.807, 2.05) is 0 Å². The van der Waals surface area contributed by atoms with Crippen molar-refractivity contribution in [1.82, 2.24) is 20.2 Å². The molecular formula is C9H15N5O2. The molecule has 7 nitrogen and oxygen atoms in total. The van der Waals surface area contributed by atoms with Gasteiger partial charge < -0.3 is 20.5 Å². The zero-order chi connectivity index (χ0) is 12.0. The van der Waals surface area contributed by atoms with Crippen molar-refractivity contribution in [2.24, 2.45) is 0 Å². The minimum Gasteiger partial charge on any atom is -0.364 e. The molecule has 0 fully saturated rings. The van der Waals surface area contributed by atoms with E-state index in [0.717, 1.165) is 0 Å². The van der Waals surface area contributed by atoms with Gasteiger partial charge in [0.15, 0.2) is 5.82 Å². The third-order valence-electron chi connectivity index (χ3n) is 1.81. The molecule has 16 heavy (non-hydrogen) atoms. The number of aromatic amines is 1. The molecule has 0 spiro atoms. The summed E-state index contributed by atoms with van der Waals surface area (Å²) in [5, 5.41) is 5.48. The van der Waals surface area contributed by atoms with Gasteiger partial charge in [-0.1, -0.05) is 0 Å². The normalized spacial score (nSPS) is 9.62. The zero-order valence-corrected chi connectivity index (χ0v) is 9.28. The van der Waals surface area contributed by atoms with Gasteiger partial charge in [-0.3, -0.25) is 4.79 Å². The summed E-state index contributed by atoms with van der Waals surface area (Å²) in [5.74, 6) is 0.251. The number of carbonyl (C=O) groups is 1. The van der Waals surface area contributed by atoms with Crippen LogP contribution in [-0.4, -0.2) is 48.1 Å². The van der Waals surface area contributed by atoms with Crippen LogP contribution in [0.4, 0.5) is 10.6 Å². The number of amides is 2. The molecule has 0 radical (unpaired) electrons. The lowest BCUT2D eigenvalue weighted by Crippen LogP contribution is -2.37. The Morgan fingerprint density at radius 2 is 2.25 bits per heavy atom. The third kappa shape index (κ3) is 3.60. The molecular weight excluding hydrogens is 210 g/mol. The Morgan fingerprint density at radius 1 is 1.50 bits per heavy atom. The Morgan fingerprint density at radius 3 is 2.88 bits per heavy atom. The highest BCUT2D eigenvalue weighted by Gasteiger charge is 2.01. The molecule has 0 aliphatic rings. The van der Waals surface area contributed by atoms with Crippen molar-refractivity contribution in [3.8, 4) is 0 Å². The number of urea groups is 1. The molecule has 3 N–H and O–H groups in total. The van der Waals surface area contributed by atoms with Crippen LogP contribution in [0.25, 0.3) is 0 Å². The molecule has 1 aromatic heterocycles. The number of nitrogens with one attached hydrogen (secondary N) is 3. The van der Waals surface area contributed by atoms with Gasteiger partial charge in [0.1, 0.15) is 0 Å². The monoisotopic (exact) mass is 225 g/mol. The summed E-state index contributed by atoms with van der Waals surface area (Å²) in [7, 11) is 3.32. The molecule has 0 saturated carbocycles. The summed E-state index contributed by atoms with van der Waals surface area (Å²) < 4.78 is 0. The minimum atomic E-state index is -0.276. The zero-order valence-electron chi connectivity index (χ0n) is 9.28. The van der Waals surface area contributed by atoms with Gasteiger partial charge in [0.25, 0.3) is 5.56 Å². The van der Waals surface area contributed by atoms with Crippen LogP contribution in [0, 0.1) is 0 Å². The highest BCUT2D eigenvalue weighted by atomic mass is 16.2. The van der Waals surface area contributed by atoms with Crippen LogP contribution in [0.5, 0.6) is 0 Å². The second-order valence-electron chi connectivity index (χ2n) is 3.32. The molecule has 1 heterocycles. The number of aromatic nitrogens is 2. The summed E-state index contributed by atoms with van der Waals surface area (Å²) >= 11 is 0. The summed E-state index contributed by atoms with van der Waals surface area (Å²) in [6.45, 7) is 0.868. The maximum Gasteiger partial charge on any atom is 0.316 e. The fourth-order valence-corrected chi connectivity index (χ4v) is 0.986. The van der Waals surface area contributed by atoms with Gasteiger partial charge in [-0.15, -0.1) is 0 Å². The van der Waals surface area contributed by atoms with Gasteiger partial charge in [-0.25, -0.2) is 9.78 Å². The maximum absolute atomic E-state index is 11.2. The van der Waals surface area contributed by atoms with Crippen molar-refractivity contribution in [3.05, 3.63) is 22.7 Å². The second kappa shape index (κ2) is 5.74. The highest BCUT2D eigenvalue weighted by molar-refractivity contribution is 5.73. The third-order valence-corrected chi connectivity index (χ3v) is 1.81. The number of rotatable bonds is 4. The fourth-order valence-electron chi connectivity index (χ4n) is 0.986. The number of hydrogen-bond donors (Lipinski definition) is 3. The summed E-state index contributed by atoms with van der Waals surface area (Å²) in [5.41, 5.74) is -0.276. The first kappa shape index (κ1) is 12.0. The Labute approximate surface area is 92.9 Å². The van der Waals surface area contributed by atoms with Crippen molar-refractivity contribution in [1.29, 1.82) is 0 Å². The lowest BCUT2D eigenvalue weighted by molar-refractivity contribution is 0.218. The van der Waals surface area contributed by atoms with Gasteiger partial charge in [0, 0.05) is 39.6 Å². The van der Waals surface area contributed by atoms with E-state index >= 15 is 0 Å². The van der Waals surface area contributed by atoms with E-state index in [0.29, 0.717) is 13.1 Å². The van der Waals surface area contributed by atoms with E-state index in [2.05, 4.69) is 20.6 Å². The highest BCUT2D eigenvalue weighted by Crippen LogP contribution is 1.87. The van der Waals surface area contributed by atoms with Gasteiger partial charge in [-0.2, -0.15) is 0 Å². The van der Waals surface area contributed by atoms with Crippen molar-refractivity contribution >= 4 is 11.8 Å². The number of hydrogen-bond acceptors (Lipinski definition) is 4. The molecule has 1 rings (SSSR count). The van der Waals surface area contributed by atoms with Crippen LogP contribution < -0.4 is 16.2 Å². The number of anilines is 1. The second-order valence-corrected chi connectivity index (χ2v) is 3.32. The maximum atomic E-state index is 11.2. The van der Waals surface area contributed by atoms with Crippen LogP contribution >= 0.6 is 0 Å². The fraction of sp³-hybridized carbons (Fsp3) is 0.444. The van der Waals surface area contributed by atoms with Gasteiger partial charge in [0.2, 0.25) is 0 Å². The molecule has 1 aromatic rings. The average molecular weight is 225 g/mol. The minimum absolute atomic E-state index is 0.170. The summed E-state index contributed by atoms with van der Waals surface area (Å²) in [4.78, 5) is 30.1. The largest absolute Gasteiger partial charge is 0.364 e. The van der Waals surface area contributed by atoms with E-state index in [1.54, 1.807) is 14.1 Å². The molecule has 88 valence electrons. The molecule has 0 unspecified atom stereocenters. The lowest BCUT2D eigenvalue weighted by Gasteiger charge is -2.11. The Bertz CT molecular complexity index is 401. The number of nitrogens with zero attached hydrogens (tertiary/aromatic N) is 2. The molecule has 0 aromatic carbocycles. The first-order chi connectivity index (χ1) is 7.61. The molecule has 7 heteroatoms. The standard InChI is InChI=1S/C9H15N5O2/c1-14(2)9(16)13-6-4-11-7-8(15)12-5-3-10-7/h3,5H,4,6H2,1-2H3,(H,10,11)(H,12,15)(H,13,16). The first-order valence-corrected chi connectivity index (χ1v) is 4.84. The van der Waals surface area contributed by atoms with Crippen LogP contribution in [0.2, 0.25) is 0 Å². The first-order valence-electron chi connectivity index (χ1n) is 4.84. The van der Waals surface area contributed by atoms with Crippen molar-refractivity contribution in [2.75, 3.05) is 32.5 Å². The number of H-pyrrole nitrogens is 1. The number of carbonyl (C=O) groups excluding carboxylic acids is 1. The van der Waals surface area contributed by atoms with Crippen LogP contribution in [0.3, 0.4) is 0 Å². The van der Waals surface area contributed by atoms with Crippen LogP contribution in [0.1, 0.15) is 0 Å². The molecule has 0 aliphatic heterocycles. The molecule has 0 saturated heterocycles. The van der Waals surface area contributed by atoms with Crippen LogP contribution in [-0.2, 0) is 0 Å². The quantitative estimate of drug-likeness (QED) is 0.600.